The largest absolute Gasteiger partial charge is 0.466 e. The maximum atomic E-state index is 11.1. The van der Waals surface area contributed by atoms with Crippen LogP contribution in [0.1, 0.15) is 45.4 Å². The normalized spacial score (nSPS) is 19.7. The summed E-state index contributed by atoms with van der Waals surface area (Å²) in [5.41, 5.74) is 0. The van der Waals surface area contributed by atoms with E-state index in [2.05, 4.69) is 5.32 Å². The summed E-state index contributed by atoms with van der Waals surface area (Å²) >= 11 is 0. The summed E-state index contributed by atoms with van der Waals surface area (Å²) in [7, 11) is 0. The molecule has 1 N–H and O–H groups in total. The highest BCUT2D eigenvalue weighted by Gasteiger charge is 2.12. The van der Waals surface area contributed by atoms with Gasteiger partial charge in [0.1, 0.15) is 0 Å². The molecule has 0 aliphatic carbocycles. The lowest BCUT2D eigenvalue weighted by atomic mass is 10.0. The van der Waals surface area contributed by atoms with Gasteiger partial charge in [0.25, 0.3) is 0 Å². The SMILES string of the molecule is CCOC(=O)CCCCCNCC1CCCOC1. The number of nitrogens with one attached hydrogen (secondary N) is 1. The van der Waals surface area contributed by atoms with Gasteiger partial charge in [0.05, 0.1) is 13.2 Å². The number of hydrogen-bond acceptors (Lipinski definition) is 4. The number of carbonyl (C=O) groups excluding carboxylic acids is 1. The monoisotopic (exact) mass is 257 g/mol. The van der Waals surface area contributed by atoms with Gasteiger partial charge in [-0.05, 0) is 45.1 Å². The van der Waals surface area contributed by atoms with Crippen molar-refractivity contribution >= 4 is 5.97 Å². The Morgan fingerprint density at radius 3 is 3.00 bits per heavy atom. The lowest BCUT2D eigenvalue weighted by molar-refractivity contribution is -0.143. The van der Waals surface area contributed by atoms with Crippen LogP contribution in [0.25, 0.3) is 0 Å². The highest BCUT2D eigenvalue weighted by Crippen LogP contribution is 2.12. The predicted molar refractivity (Wildman–Crippen MR) is 71.5 cm³/mol. The molecule has 1 rings (SSSR count). The molecule has 0 aromatic heterocycles. The van der Waals surface area contributed by atoms with Crippen LogP contribution < -0.4 is 5.32 Å². The molecule has 0 aromatic carbocycles. The number of unbranched alkanes of at least 4 members (excludes halogenated alkanes) is 2. The first kappa shape index (κ1) is 15.4. The Kier molecular flexibility index (Phi) is 8.86. The molecule has 0 radical (unpaired) electrons. The zero-order chi connectivity index (χ0) is 13.1. The molecular formula is C14H27NO3. The molecule has 18 heavy (non-hydrogen) atoms. The third-order valence-electron chi connectivity index (χ3n) is 3.23. The Labute approximate surface area is 110 Å². The van der Waals surface area contributed by atoms with Gasteiger partial charge in [0.2, 0.25) is 0 Å². The summed E-state index contributed by atoms with van der Waals surface area (Å²) in [5.74, 6) is 0.628. The highest BCUT2D eigenvalue weighted by molar-refractivity contribution is 5.69. The summed E-state index contributed by atoms with van der Waals surface area (Å²) in [6.07, 6.45) is 6.21. The molecule has 0 aromatic rings. The van der Waals surface area contributed by atoms with E-state index >= 15 is 0 Å². The average molecular weight is 257 g/mol. The van der Waals surface area contributed by atoms with E-state index < -0.39 is 0 Å². The van der Waals surface area contributed by atoms with Gasteiger partial charge in [-0.25, -0.2) is 0 Å². The van der Waals surface area contributed by atoms with Crippen molar-refractivity contribution in [1.29, 1.82) is 0 Å². The third kappa shape index (κ3) is 7.67. The lowest BCUT2D eigenvalue weighted by Gasteiger charge is -2.22. The summed E-state index contributed by atoms with van der Waals surface area (Å²) in [5, 5.41) is 3.47. The Morgan fingerprint density at radius 1 is 1.39 bits per heavy atom. The lowest BCUT2D eigenvalue weighted by Crippen LogP contribution is -2.29. The first-order valence-corrected chi connectivity index (χ1v) is 7.27. The maximum absolute atomic E-state index is 11.1. The molecule has 106 valence electrons. The van der Waals surface area contributed by atoms with Crippen LogP contribution in [0.3, 0.4) is 0 Å². The molecule has 1 unspecified atom stereocenters. The molecule has 1 aliphatic rings. The van der Waals surface area contributed by atoms with E-state index in [0.29, 0.717) is 18.9 Å². The fourth-order valence-corrected chi connectivity index (χ4v) is 2.20. The van der Waals surface area contributed by atoms with Crippen molar-refractivity contribution in [2.45, 2.75) is 45.4 Å². The van der Waals surface area contributed by atoms with Gasteiger partial charge in [0, 0.05) is 19.6 Å². The smallest absolute Gasteiger partial charge is 0.305 e. The minimum Gasteiger partial charge on any atom is -0.466 e. The molecule has 0 spiro atoms. The van der Waals surface area contributed by atoms with Gasteiger partial charge in [-0.2, -0.15) is 0 Å². The van der Waals surface area contributed by atoms with Gasteiger partial charge in [0.15, 0.2) is 0 Å². The summed E-state index contributed by atoms with van der Waals surface area (Å²) < 4.78 is 10.3. The van der Waals surface area contributed by atoms with Crippen LogP contribution in [0.15, 0.2) is 0 Å². The summed E-state index contributed by atoms with van der Waals surface area (Å²) in [4.78, 5) is 11.1. The fourth-order valence-electron chi connectivity index (χ4n) is 2.20. The number of hydrogen-bond donors (Lipinski definition) is 1. The van der Waals surface area contributed by atoms with E-state index in [1.807, 2.05) is 6.92 Å². The number of carbonyl (C=O) groups is 1. The predicted octanol–water partition coefficient (Wildman–Crippen LogP) is 2.13. The quantitative estimate of drug-likeness (QED) is 0.508. The van der Waals surface area contributed by atoms with Crippen LogP contribution in [-0.4, -0.2) is 38.9 Å². The van der Waals surface area contributed by atoms with Crippen LogP contribution in [0.4, 0.5) is 0 Å². The summed E-state index contributed by atoms with van der Waals surface area (Å²) in [6.45, 7) is 6.29. The fraction of sp³-hybridized carbons (Fsp3) is 0.929. The number of esters is 1. The topological polar surface area (TPSA) is 47.6 Å². The Hall–Kier alpha value is -0.610. The van der Waals surface area contributed by atoms with E-state index in [-0.39, 0.29) is 5.97 Å². The standard InChI is InChI=1S/C14H27NO3/c1-2-18-14(16)8-4-3-5-9-15-11-13-7-6-10-17-12-13/h13,15H,2-12H2,1H3. The van der Waals surface area contributed by atoms with Gasteiger partial charge in [-0.15, -0.1) is 0 Å². The van der Waals surface area contributed by atoms with Gasteiger partial charge < -0.3 is 14.8 Å². The van der Waals surface area contributed by atoms with Gasteiger partial charge in [-0.1, -0.05) is 6.42 Å². The second-order valence-electron chi connectivity index (χ2n) is 4.90. The van der Waals surface area contributed by atoms with Crippen molar-refractivity contribution < 1.29 is 14.3 Å². The van der Waals surface area contributed by atoms with Crippen LogP contribution in [0, 0.1) is 5.92 Å². The second kappa shape index (κ2) is 10.3. The molecule has 1 atom stereocenters. The van der Waals surface area contributed by atoms with Crippen LogP contribution in [-0.2, 0) is 14.3 Å². The Balaban J connectivity index is 1.82. The molecule has 4 heteroatoms. The van der Waals surface area contributed by atoms with Crippen molar-refractivity contribution in [1.82, 2.24) is 5.32 Å². The molecule has 1 fully saturated rings. The van der Waals surface area contributed by atoms with E-state index in [0.717, 1.165) is 45.6 Å². The zero-order valence-electron chi connectivity index (χ0n) is 11.6. The second-order valence-corrected chi connectivity index (χ2v) is 4.90. The van der Waals surface area contributed by atoms with Crippen molar-refractivity contribution in [2.24, 2.45) is 5.92 Å². The van der Waals surface area contributed by atoms with Crippen LogP contribution >= 0.6 is 0 Å². The minimum atomic E-state index is -0.0650. The average Bonchev–Trinajstić information content (AvgIpc) is 2.39. The van der Waals surface area contributed by atoms with Crippen LogP contribution in [0.5, 0.6) is 0 Å². The third-order valence-corrected chi connectivity index (χ3v) is 3.23. The first-order chi connectivity index (χ1) is 8.83. The Morgan fingerprint density at radius 2 is 2.28 bits per heavy atom. The van der Waals surface area contributed by atoms with Crippen molar-refractivity contribution in [3.05, 3.63) is 0 Å². The molecule has 1 saturated heterocycles. The number of rotatable bonds is 9. The highest BCUT2D eigenvalue weighted by atomic mass is 16.5. The van der Waals surface area contributed by atoms with E-state index in [1.54, 1.807) is 0 Å². The molecule has 0 saturated carbocycles. The molecule has 1 heterocycles. The maximum Gasteiger partial charge on any atom is 0.305 e. The van der Waals surface area contributed by atoms with Crippen molar-refractivity contribution in [3.8, 4) is 0 Å². The van der Waals surface area contributed by atoms with Crippen molar-refractivity contribution in [3.63, 3.8) is 0 Å². The van der Waals surface area contributed by atoms with E-state index in [4.69, 9.17) is 9.47 Å². The molecular weight excluding hydrogens is 230 g/mol. The minimum absolute atomic E-state index is 0.0650. The molecule has 0 amide bonds. The molecule has 0 bridgehead atoms. The summed E-state index contributed by atoms with van der Waals surface area (Å²) in [6, 6.07) is 0. The number of ether oxygens (including phenoxy) is 2. The van der Waals surface area contributed by atoms with Crippen molar-refractivity contribution in [2.75, 3.05) is 32.9 Å². The molecule has 1 aliphatic heterocycles. The van der Waals surface area contributed by atoms with E-state index in [9.17, 15) is 4.79 Å². The van der Waals surface area contributed by atoms with E-state index in [1.165, 1.54) is 12.8 Å². The zero-order valence-corrected chi connectivity index (χ0v) is 11.6. The Bertz CT molecular complexity index is 215. The molecule has 4 nitrogen and oxygen atoms in total. The van der Waals surface area contributed by atoms with Gasteiger partial charge >= 0.3 is 5.97 Å². The first-order valence-electron chi connectivity index (χ1n) is 7.27. The van der Waals surface area contributed by atoms with Crippen LogP contribution in [0.2, 0.25) is 0 Å². The van der Waals surface area contributed by atoms with Gasteiger partial charge in [-0.3, -0.25) is 4.79 Å².